The number of carbonyl (C=O) groups excluding carboxylic acids is 1. The number of carbonyl (C=O) groups is 1. The van der Waals surface area contributed by atoms with Crippen LogP contribution in [0.25, 0.3) is 21.5 Å². The summed E-state index contributed by atoms with van der Waals surface area (Å²) in [4.78, 5) is 11.1. The van der Waals surface area contributed by atoms with Gasteiger partial charge in [0.1, 0.15) is 0 Å². The summed E-state index contributed by atoms with van der Waals surface area (Å²) in [5.74, 6) is 0. The van der Waals surface area contributed by atoms with Crippen LogP contribution in [-0.4, -0.2) is 6.29 Å². The third-order valence-electron chi connectivity index (χ3n) is 2.93. The fourth-order valence-electron chi connectivity index (χ4n) is 2.18. The van der Waals surface area contributed by atoms with Crippen molar-refractivity contribution >= 4 is 37.7 Å². The van der Waals surface area contributed by atoms with E-state index in [4.69, 9.17) is 0 Å². The van der Waals surface area contributed by atoms with Crippen molar-refractivity contribution in [2.24, 2.45) is 0 Å². The first kappa shape index (κ1) is 11.8. The second-order valence-corrected chi connectivity index (χ2v) is 3.85. The number of aldehydes is 1. The van der Waals surface area contributed by atoms with Gasteiger partial charge in [-0.05, 0) is 27.6 Å². The molecule has 0 bridgehead atoms. The lowest BCUT2D eigenvalue weighted by molar-refractivity contribution is 0.112. The summed E-state index contributed by atoms with van der Waals surface area (Å²) in [6.07, 6.45) is 0.925. The van der Waals surface area contributed by atoms with E-state index in [1.807, 2.05) is 42.5 Å². The molecule has 0 aliphatic carbocycles. The topological polar surface area (TPSA) is 17.1 Å². The minimum Gasteiger partial charge on any atom is -0.298 e. The van der Waals surface area contributed by atoms with Gasteiger partial charge in [0.2, 0.25) is 0 Å². The van der Waals surface area contributed by atoms with E-state index in [1.165, 1.54) is 5.39 Å². The molecule has 1 unspecified atom stereocenters. The highest BCUT2D eigenvalue weighted by atomic mass is 31.0. The van der Waals surface area contributed by atoms with Crippen LogP contribution in [0.4, 0.5) is 0 Å². The molecule has 0 saturated heterocycles. The van der Waals surface area contributed by atoms with Crippen LogP contribution in [0.1, 0.15) is 10.4 Å². The predicted octanol–water partition coefficient (Wildman–Crippen LogP) is 3.86. The first-order valence-electron chi connectivity index (χ1n) is 5.26. The summed E-state index contributed by atoms with van der Waals surface area (Å²) in [6, 6.07) is 18.1. The van der Waals surface area contributed by atoms with E-state index in [0.29, 0.717) is 0 Å². The van der Waals surface area contributed by atoms with E-state index in [-0.39, 0.29) is 9.90 Å². The molecule has 0 fully saturated rings. The molecule has 0 spiro atoms. The Hall–Kier alpha value is -1.72. The second kappa shape index (κ2) is 4.65. The summed E-state index contributed by atoms with van der Waals surface area (Å²) in [6.45, 7) is 0. The van der Waals surface area contributed by atoms with Gasteiger partial charge in [0.25, 0.3) is 0 Å². The molecule has 0 radical (unpaired) electrons. The average Bonchev–Trinajstić information content (AvgIpc) is 2.38. The highest BCUT2D eigenvalue weighted by Gasteiger charge is 2.04. The zero-order valence-electron chi connectivity index (χ0n) is 9.39. The van der Waals surface area contributed by atoms with E-state index in [2.05, 4.69) is 12.1 Å². The normalized spacial score (nSPS) is 10.1. The van der Waals surface area contributed by atoms with Crippen LogP contribution in [0.5, 0.6) is 0 Å². The van der Waals surface area contributed by atoms with Crippen molar-refractivity contribution < 1.29 is 4.79 Å². The Morgan fingerprint density at radius 3 is 2.06 bits per heavy atom. The van der Waals surface area contributed by atoms with Crippen molar-refractivity contribution in [3.63, 3.8) is 0 Å². The lowest BCUT2D eigenvalue weighted by Gasteiger charge is -2.05. The van der Waals surface area contributed by atoms with Gasteiger partial charge in [-0.25, -0.2) is 0 Å². The van der Waals surface area contributed by atoms with Gasteiger partial charge in [0, 0.05) is 5.56 Å². The van der Waals surface area contributed by atoms with Crippen LogP contribution < -0.4 is 0 Å². The molecule has 3 aromatic rings. The van der Waals surface area contributed by atoms with Crippen LogP contribution in [0.2, 0.25) is 0 Å². The number of benzene rings is 3. The molecule has 1 atom stereocenters. The maximum absolute atomic E-state index is 11.1. The molecule has 84 valence electrons. The molecule has 3 rings (SSSR count). The highest BCUT2D eigenvalue weighted by molar-refractivity contribution is 6.92. The van der Waals surface area contributed by atoms with E-state index < -0.39 is 0 Å². The van der Waals surface area contributed by atoms with Gasteiger partial charge in [0.05, 0.1) is 0 Å². The molecular formula is C15H13OP. The van der Waals surface area contributed by atoms with E-state index in [1.54, 1.807) is 0 Å². The van der Waals surface area contributed by atoms with Crippen LogP contribution >= 0.6 is 9.90 Å². The Kier molecular flexibility index (Phi) is 3.21. The smallest absolute Gasteiger partial charge is 0.150 e. The van der Waals surface area contributed by atoms with Gasteiger partial charge in [0.15, 0.2) is 6.29 Å². The summed E-state index contributed by atoms with van der Waals surface area (Å²) in [7, 11) is 0. The Labute approximate surface area is 103 Å². The van der Waals surface area contributed by atoms with Crippen LogP contribution in [-0.2, 0) is 0 Å². The molecule has 0 saturated carbocycles. The first-order chi connectivity index (χ1) is 7.90. The van der Waals surface area contributed by atoms with Gasteiger partial charge in [-0.1, -0.05) is 48.5 Å². The fourth-order valence-corrected chi connectivity index (χ4v) is 2.18. The van der Waals surface area contributed by atoms with E-state index in [0.717, 1.165) is 28.0 Å². The number of fused-ring (bicyclic) bond motifs is 3. The Bertz CT molecular complexity index is 689. The third kappa shape index (κ3) is 1.83. The monoisotopic (exact) mass is 240 g/mol. The van der Waals surface area contributed by atoms with Gasteiger partial charge in [-0.2, -0.15) is 9.90 Å². The van der Waals surface area contributed by atoms with Crippen molar-refractivity contribution in [1.29, 1.82) is 0 Å². The SMILES string of the molecule is O=Cc1cc2ccccc2c2ccccc12.P. The summed E-state index contributed by atoms with van der Waals surface area (Å²) < 4.78 is 0. The zero-order chi connectivity index (χ0) is 11.0. The number of hydrogen-bond acceptors (Lipinski definition) is 1. The molecule has 0 N–H and O–H groups in total. The minimum absolute atomic E-state index is 0. The molecule has 0 aliphatic rings. The summed E-state index contributed by atoms with van der Waals surface area (Å²) in [5, 5.41) is 4.48. The van der Waals surface area contributed by atoms with Crippen molar-refractivity contribution in [2.75, 3.05) is 0 Å². The maximum Gasteiger partial charge on any atom is 0.150 e. The van der Waals surface area contributed by atoms with Gasteiger partial charge >= 0.3 is 0 Å². The predicted molar refractivity (Wildman–Crippen MR) is 77.9 cm³/mol. The number of rotatable bonds is 1. The Morgan fingerprint density at radius 1 is 0.765 bits per heavy atom. The molecule has 17 heavy (non-hydrogen) atoms. The van der Waals surface area contributed by atoms with Crippen molar-refractivity contribution in [2.45, 2.75) is 0 Å². The molecule has 1 nitrogen and oxygen atoms in total. The van der Waals surface area contributed by atoms with Crippen molar-refractivity contribution in [3.05, 3.63) is 60.2 Å². The molecule has 0 amide bonds. The summed E-state index contributed by atoms with van der Waals surface area (Å²) >= 11 is 0. The largest absolute Gasteiger partial charge is 0.298 e. The molecular weight excluding hydrogens is 227 g/mol. The van der Waals surface area contributed by atoms with Crippen molar-refractivity contribution in [1.82, 2.24) is 0 Å². The molecule has 0 aliphatic heterocycles. The molecule has 3 aromatic carbocycles. The molecule has 0 aromatic heterocycles. The average molecular weight is 240 g/mol. The van der Waals surface area contributed by atoms with E-state index in [9.17, 15) is 4.79 Å². The van der Waals surface area contributed by atoms with Crippen molar-refractivity contribution in [3.8, 4) is 0 Å². The van der Waals surface area contributed by atoms with E-state index >= 15 is 0 Å². The number of hydrogen-bond donors (Lipinski definition) is 0. The maximum atomic E-state index is 11.1. The van der Waals surface area contributed by atoms with Gasteiger partial charge in [-0.15, -0.1) is 0 Å². The van der Waals surface area contributed by atoms with Gasteiger partial charge < -0.3 is 0 Å². The third-order valence-corrected chi connectivity index (χ3v) is 2.93. The first-order valence-corrected chi connectivity index (χ1v) is 5.26. The van der Waals surface area contributed by atoms with Crippen LogP contribution in [0.3, 0.4) is 0 Å². The standard InChI is InChI=1S/C15H10O.H3P/c16-10-12-9-11-5-1-2-6-13(11)15-8-4-3-7-14(12)15;/h1-10H;1H3. The Balaban J connectivity index is 0.00000108. The summed E-state index contributed by atoms with van der Waals surface area (Å²) in [5.41, 5.74) is 0.759. The molecule has 2 heteroatoms. The minimum atomic E-state index is 0. The van der Waals surface area contributed by atoms with Gasteiger partial charge in [-0.3, -0.25) is 4.79 Å². The zero-order valence-corrected chi connectivity index (χ0v) is 10.8. The highest BCUT2D eigenvalue weighted by Crippen LogP contribution is 2.27. The quantitative estimate of drug-likeness (QED) is 0.358. The Morgan fingerprint density at radius 2 is 1.35 bits per heavy atom. The fraction of sp³-hybridized carbons (Fsp3) is 0. The molecule has 0 heterocycles. The van der Waals surface area contributed by atoms with Crippen LogP contribution in [0, 0.1) is 0 Å². The second-order valence-electron chi connectivity index (χ2n) is 3.85. The lowest BCUT2D eigenvalue weighted by Crippen LogP contribution is -1.85. The lowest BCUT2D eigenvalue weighted by atomic mass is 9.98. The van der Waals surface area contributed by atoms with Crippen LogP contribution in [0.15, 0.2) is 54.6 Å².